The van der Waals surface area contributed by atoms with Gasteiger partial charge in [0.15, 0.2) is 5.76 Å². The van der Waals surface area contributed by atoms with Crippen LogP contribution in [-0.4, -0.2) is 30.5 Å². The second-order valence-corrected chi connectivity index (χ2v) is 10.2. The van der Waals surface area contributed by atoms with Gasteiger partial charge in [-0.3, -0.25) is 9.36 Å². The van der Waals surface area contributed by atoms with Crippen LogP contribution in [0.5, 0.6) is 0 Å². The molecule has 0 saturated carbocycles. The van der Waals surface area contributed by atoms with Crippen LogP contribution >= 0.6 is 19.4 Å². The molecule has 0 saturated heterocycles. The second-order valence-electron chi connectivity index (χ2n) is 7.26. The SMILES string of the molecule is CCOP(=O)(Cc1ccc(NC(=O)CCc2cnoc2-c2ccc(SC)cc2)cc1)OCC. The normalized spacial score (nSPS) is 11.5. The number of nitrogens with one attached hydrogen (secondary N) is 1. The standard InChI is InChI=1S/C24H29N2O5PS/c1-4-29-32(28,30-5-2)17-18-6-11-21(12-7-18)26-23(27)15-10-20-16-25-31-24(20)19-8-13-22(33-3)14-9-19/h6-9,11-14,16H,4-5,10,15,17H2,1-3H3,(H,26,27). The van der Waals surface area contributed by atoms with E-state index >= 15 is 0 Å². The van der Waals surface area contributed by atoms with E-state index in [0.29, 0.717) is 37.5 Å². The molecule has 0 unspecified atom stereocenters. The zero-order valence-corrected chi connectivity index (χ0v) is 20.8. The Morgan fingerprint density at radius 3 is 2.33 bits per heavy atom. The highest BCUT2D eigenvalue weighted by molar-refractivity contribution is 7.98. The van der Waals surface area contributed by atoms with Crippen LogP contribution in [-0.2, 0) is 31.0 Å². The molecule has 1 heterocycles. The largest absolute Gasteiger partial charge is 0.356 e. The summed E-state index contributed by atoms with van der Waals surface area (Å²) in [5, 5.41) is 6.81. The third-order valence-corrected chi connectivity index (χ3v) is 7.68. The topological polar surface area (TPSA) is 90.7 Å². The predicted octanol–water partition coefficient (Wildman–Crippen LogP) is 6.40. The molecule has 9 heteroatoms. The first-order valence-corrected chi connectivity index (χ1v) is 13.8. The van der Waals surface area contributed by atoms with Gasteiger partial charge in [0.2, 0.25) is 5.91 Å². The molecule has 2 aromatic carbocycles. The number of nitrogens with zero attached hydrogens (tertiary/aromatic N) is 1. The molecule has 176 valence electrons. The summed E-state index contributed by atoms with van der Waals surface area (Å²) in [6.45, 7) is 4.22. The van der Waals surface area contributed by atoms with Crippen molar-refractivity contribution >= 4 is 31.0 Å². The molecule has 0 spiro atoms. The van der Waals surface area contributed by atoms with Gasteiger partial charge in [-0.2, -0.15) is 0 Å². The minimum absolute atomic E-state index is 0.109. The summed E-state index contributed by atoms with van der Waals surface area (Å²) in [5.41, 5.74) is 3.32. The Bertz CT molecular complexity index is 1070. The lowest BCUT2D eigenvalue weighted by Crippen LogP contribution is -2.12. The molecule has 0 aliphatic carbocycles. The summed E-state index contributed by atoms with van der Waals surface area (Å²) in [5.74, 6) is 0.578. The Balaban J connectivity index is 1.55. The molecule has 0 aliphatic rings. The second kappa shape index (κ2) is 12.2. The maximum atomic E-state index is 12.7. The van der Waals surface area contributed by atoms with Crippen LogP contribution in [0.1, 0.15) is 31.4 Å². The summed E-state index contributed by atoms with van der Waals surface area (Å²) in [4.78, 5) is 13.6. The summed E-state index contributed by atoms with van der Waals surface area (Å²) in [6.07, 6.45) is 4.69. The number of thioether (sulfide) groups is 1. The fourth-order valence-electron chi connectivity index (χ4n) is 3.33. The number of anilines is 1. The van der Waals surface area contributed by atoms with Crippen molar-refractivity contribution in [1.29, 1.82) is 0 Å². The molecular weight excluding hydrogens is 459 g/mol. The number of carbonyl (C=O) groups is 1. The molecule has 3 aromatic rings. The first-order valence-electron chi connectivity index (χ1n) is 10.8. The molecule has 7 nitrogen and oxygen atoms in total. The summed E-state index contributed by atoms with van der Waals surface area (Å²) in [6, 6.07) is 15.3. The number of aromatic nitrogens is 1. The Kier molecular flexibility index (Phi) is 9.32. The van der Waals surface area contributed by atoms with Crippen molar-refractivity contribution in [3.05, 3.63) is 65.9 Å². The quantitative estimate of drug-likeness (QED) is 0.233. The van der Waals surface area contributed by atoms with Gasteiger partial charge < -0.3 is 18.9 Å². The predicted molar refractivity (Wildman–Crippen MR) is 132 cm³/mol. The number of carbonyl (C=O) groups excluding carboxylic acids is 1. The third kappa shape index (κ3) is 7.30. The molecule has 3 rings (SSSR count). The van der Waals surface area contributed by atoms with Gasteiger partial charge in [0.1, 0.15) is 0 Å². The lowest BCUT2D eigenvalue weighted by atomic mass is 10.1. The summed E-state index contributed by atoms with van der Waals surface area (Å²) >= 11 is 1.68. The molecule has 0 bridgehead atoms. The van der Waals surface area contributed by atoms with Gasteiger partial charge in [-0.25, -0.2) is 0 Å². The summed E-state index contributed by atoms with van der Waals surface area (Å²) < 4.78 is 28.8. The third-order valence-electron chi connectivity index (χ3n) is 4.88. The van der Waals surface area contributed by atoms with Crippen molar-refractivity contribution in [2.75, 3.05) is 24.8 Å². The van der Waals surface area contributed by atoms with Crippen LogP contribution in [0, 0.1) is 0 Å². The Labute approximate surface area is 198 Å². The lowest BCUT2D eigenvalue weighted by Gasteiger charge is -2.17. The monoisotopic (exact) mass is 488 g/mol. The molecule has 0 aliphatic heterocycles. The zero-order valence-electron chi connectivity index (χ0n) is 19.1. The molecule has 0 radical (unpaired) electrons. The Hall–Kier alpha value is -2.38. The minimum Gasteiger partial charge on any atom is -0.356 e. The van der Waals surface area contributed by atoms with Crippen LogP contribution in [0.15, 0.2) is 64.1 Å². The van der Waals surface area contributed by atoms with Crippen LogP contribution in [0.4, 0.5) is 5.69 Å². The Morgan fingerprint density at radius 1 is 1.06 bits per heavy atom. The number of aryl methyl sites for hydroxylation is 1. The first-order chi connectivity index (χ1) is 16.0. The lowest BCUT2D eigenvalue weighted by molar-refractivity contribution is -0.116. The summed E-state index contributed by atoms with van der Waals surface area (Å²) in [7, 11) is -3.16. The van der Waals surface area contributed by atoms with E-state index in [1.165, 1.54) is 4.90 Å². The number of hydrogen-bond acceptors (Lipinski definition) is 7. The van der Waals surface area contributed by atoms with E-state index in [0.717, 1.165) is 16.7 Å². The van der Waals surface area contributed by atoms with E-state index in [-0.39, 0.29) is 12.1 Å². The fourth-order valence-corrected chi connectivity index (χ4v) is 5.44. The highest BCUT2D eigenvalue weighted by Crippen LogP contribution is 2.51. The van der Waals surface area contributed by atoms with Gasteiger partial charge in [-0.15, -0.1) is 11.8 Å². The number of hydrogen-bond donors (Lipinski definition) is 1. The molecule has 33 heavy (non-hydrogen) atoms. The van der Waals surface area contributed by atoms with Crippen molar-refractivity contribution in [3.63, 3.8) is 0 Å². The molecule has 0 atom stereocenters. The van der Waals surface area contributed by atoms with E-state index in [4.69, 9.17) is 13.6 Å². The van der Waals surface area contributed by atoms with Crippen LogP contribution in [0.3, 0.4) is 0 Å². The van der Waals surface area contributed by atoms with Crippen molar-refractivity contribution in [2.45, 2.75) is 37.7 Å². The Morgan fingerprint density at radius 2 is 1.73 bits per heavy atom. The van der Waals surface area contributed by atoms with Crippen molar-refractivity contribution in [1.82, 2.24) is 5.16 Å². The highest BCUT2D eigenvalue weighted by Gasteiger charge is 2.24. The van der Waals surface area contributed by atoms with Crippen molar-refractivity contribution in [2.24, 2.45) is 0 Å². The minimum atomic E-state index is -3.16. The van der Waals surface area contributed by atoms with Gasteiger partial charge in [0, 0.05) is 28.1 Å². The fraction of sp³-hybridized carbons (Fsp3) is 0.333. The van der Waals surface area contributed by atoms with E-state index in [1.807, 2.05) is 42.7 Å². The molecule has 0 fully saturated rings. The maximum absolute atomic E-state index is 12.7. The number of rotatable bonds is 12. The van der Waals surface area contributed by atoms with Gasteiger partial charge >= 0.3 is 7.60 Å². The molecular formula is C24H29N2O5PS. The molecule has 1 aromatic heterocycles. The van der Waals surface area contributed by atoms with E-state index in [1.54, 1.807) is 43.9 Å². The molecule has 1 N–H and O–H groups in total. The van der Waals surface area contributed by atoms with Gasteiger partial charge in [0.05, 0.1) is 25.6 Å². The zero-order chi connectivity index (χ0) is 23.7. The number of benzene rings is 2. The van der Waals surface area contributed by atoms with E-state index in [9.17, 15) is 9.36 Å². The van der Waals surface area contributed by atoms with E-state index in [2.05, 4.69) is 10.5 Å². The van der Waals surface area contributed by atoms with Gasteiger partial charge in [-0.05, 0) is 56.4 Å². The first kappa shape index (κ1) is 25.2. The van der Waals surface area contributed by atoms with Crippen LogP contribution in [0.2, 0.25) is 0 Å². The van der Waals surface area contributed by atoms with Crippen molar-refractivity contribution < 1.29 is 22.9 Å². The smallest absolute Gasteiger partial charge is 0.335 e. The van der Waals surface area contributed by atoms with Gasteiger partial charge in [-0.1, -0.05) is 29.4 Å². The van der Waals surface area contributed by atoms with Crippen molar-refractivity contribution in [3.8, 4) is 11.3 Å². The number of amides is 1. The average molecular weight is 489 g/mol. The van der Waals surface area contributed by atoms with Crippen LogP contribution < -0.4 is 5.32 Å². The van der Waals surface area contributed by atoms with E-state index < -0.39 is 7.60 Å². The van der Waals surface area contributed by atoms with Gasteiger partial charge in [0.25, 0.3) is 0 Å². The maximum Gasteiger partial charge on any atom is 0.335 e. The average Bonchev–Trinajstić information content (AvgIpc) is 3.28. The molecule has 1 amide bonds. The van der Waals surface area contributed by atoms with Crippen LogP contribution in [0.25, 0.3) is 11.3 Å². The highest BCUT2D eigenvalue weighted by atomic mass is 32.2.